The third kappa shape index (κ3) is 0.531. The lowest BCUT2D eigenvalue weighted by Crippen LogP contribution is -2.59. The summed E-state index contributed by atoms with van der Waals surface area (Å²) in [6.07, 6.45) is 1.48. The third-order valence-corrected chi connectivity index (χ3v) is 3.56. The van der Waals surface area contributed by atoms with Gasteiger partial charge in [0.2, 0.25) is 0 Å². The largest absolute Gasteiger partial charge is 0.299 e. The Morgan fingerprint density at radius 2 is 2.00 bits per heavy atom. The van der Waals surface area contributed by atoms with Gasteiger partial charge in [-0.2, -0.15) is 11.8 Å². The SMILES string of the molecule is CN1[C@@H]2CSC[C@H]1C2. The predicted octanol–water partition coefficient (Wildman–Crippen LogP) is 0.806. The van der Waals surface area contributed by atoms with Crippen molar-refractivity contribution in [3.8, 4) is 0 Å². The second-order valence-corrected chi connectivity index (χ2v) is 3.82. The molecule has 0 aromatic heterocycles. The first kappa shape index (κ1) is 5.12. The van der Waals surface area contributed by atoms with E-state index >= 15 is 0 Å². The Morgan fingerprint density at radius 1 is 1.38 bits per heavy atom. The molecule has 0 aromatic rings. The van der Waals surface area contributed by atoms with Crippen molar-refractivity contribution in [3.63, 3.8) is 0 Å². The first-order valence-electron chi connectivity index (χ1n) is 3.17. The van der Waals surface area contributed by atoms with Crippen molar-refractivity contribution >= 4 is 11.8 Å². The summed E-state index contributed by atoms with van der Waals surface area (Å²) in [5, 5.41) is 0. The maximum Gasteiger partial charge on any atom is 0.0201 e. The summed E-state index contributed by atoms with van der Waals surface area (Å²) in [5.74, 6) is 2.76. The zero-order valence-electron chi connectivity index (χ0n) is 5.13. The second kappa shape index (κ2) is 1.64. The predicted molar refractivity (Wildman–Crippen MR) is 37.3 cm³/mol. The highest BCUT2D eigenvalue weighted by Gasteiger charge is 2.38. The van der Waals surface area contributed by atoms with Crippen molar-refractivity contribution < 1.29 is 0 Å². The Kier molecular flexibility index (Phi) is 1.05. The number of nitrogens with zero attached hydrogens (tertiary/aromatic N) is 1. The zero-order chi connectivity index (χ0) is 5.56. The maximum atomic E-state index is 2.51. The van der Waals surface area contributed by atoms with E-state index in [4.69, 9.17) is 0 Å². The molecular formula is C6H11NS. The van der Waals surface area contributed by atoms with E-state index in [9.17, 15) is 0 Å². The van der Waals surface area contributed by atoms with E-state index in [1.54, 1.807) is 0 Å². The van der Waals surface area contributed by atoms with E-state index < -0.39 is 0 Å². The molecule has 3 aliphatic rings. The van der Waals surface area contributed by atoms with E-state index in [1.807, 2.05) is 0 Å². The van der Waals surface area contributed by atoms with E-state index in [1.165, 1.54) is 17.9 Å². The van der Waals surface area contributed by atoms with Crippen LogP contribution in [0.15, 0.2) is 0 Å². The summed E-state index contributed by atoms with van der Waals surface area (Å²) in [5.41, 5.74) is 0. The molecular weight excluding hydrogens is 118 g/mol. The van der Waals surface area contributed by atoms with E-state index in [2.05, 4.69) is 23.7 Å². The van der Waals surface area contributed by atoms with E-state index in [-0.39, 0.29) is 0 Å². The fourth-order valence-corrected chi connectivity index (χ4v) is 2.94. The zero-order valence-corrected chi connectivity index (χ0v) is 5.95. The van der Waals surface area contributed by atoms with Gasteiger partial charge in [0.1, 0.15) is 0 Å². The lowest BCUT2D eigenvalue weighted by molar-refractivity contribution is 0.0687. The van der Waals surface area contributed by atoms with Crippen LogP contribution in [0.1, 0.15) is 6.42 Å². The third-order valence-electron chi connectivity index (χ3n) is 2.32. The minimum atomic E-state index is 0.943. The fraction of sp³-hybridized carbons (Fsp3) is 1.00. The first-order chi connectivity index (χ1) is 3.88. The van der Waals surface area contributed by atoms with Crippen LogP contribution in [0.25, 0.3) is 0 Å². The van der Waals surface area contributed by atoms with Gasteiger partial charge in [-0.25, -0.2) is 0 Å². The van der Waals surface area contributed by atoms with Crippen LogP contribution in [0, 0.1) is 0 Å². The molecule has 0 aliphatic carbocycles. The normalized spacial score (nSPS) is 46.1. The standard InChI is InChI=1S/C6H11NS/c1-7-5-2-6(7)4-8-3-5/h5-6H,2-4H2,1H3/t5-,6+. The molecule has 2 bridgehead atoms. The van der Waals surface area contributed by atoms with E-state index in [0.717, 1.165) is 12.1 Å². The average Bonchev–Trinajstić information content (AvgIpc) is 1.89. The van der Waals surface area contributed by atoms with Crippen LogP contribution in [0.4, 0.5) is 0 Å². The van der Waals surface area contributed by atoms with Gasteiger partial charge < -0.3 is 0 Å². The van der Waals surface area contributed by atoms with Crippen molar-refractivity contribution in [2.75, 3.05) is 18.6 Å². The number of fused-ring (bicyclic) bond motifs is 2. The molecule has 0 N–H and O–H groups in total. The molecule has 3 saturated heterocycles. The summed E-state index contributed by atoms with van der Waals surface area (Å²) in [6.45, 7) is 0. The number of thioether (sulfide) groups is 1. The Balaban J connectivity index is 2.03. The molecule has 0 aromatic carbocycles. The molecule has 2 atom stereocenters. The lowest BCUT2D eigenvalue weighted by atomic mass is 9.96. The summed E-state index contributed by atoms with van der Waals surface area (Å²) < 4.78 is 0. The molecule has 3 heterocycles. The van der Waals surface area contributed by atoms with Gasteiger partial charge in [0.05, 0.1) is 0 Å². The van der Waals surface area contributed by atoms with Crippen molar-refractivity contribution in [2.45, 2.75) is 18.5 Å². The molecule has 3 aliphatic heterocycles. The Bertz CT molecular complexity index is 90.7. The van der Waals surface area contributed by atoms with Gasteiger partial charge >= 0.3 is 0 Å². The number of hydrogen-bond donors (Lipinski definition) is 0. The van der Waals surface area contributed by atoms with E-state index in [0.29, 0.717) is 0 Å². The molecule has 1 nitrogen and oxygen atoms in total. The van der Waals surface area contributed by atoms with Gasteiger partial charge in [0.25, 0.3) is 0 Å². The van der Waals surface area contributed by atoms with Crippen molar-refractivity contribution in [1.82, 2.24) is 4.90 Å². The van der Waals surface area contributed by atoms with Crippen molar-refractivity contribution in [1.29, 1.82) is 0 Å². The van der Waals surface area contributed by atoms with Gasteiger partial charge in [-0.3, -0.25) is 4.90 Å². The smallest absolute Gasteiger partial charge is 0.0201 e. The van der Waals surface area contributed by atoms with Crippen LogP contribution in [0.3, 0.4) is 0 Å². The average molecular weight is 129 g/mol. The molecule has 0 amide bonds. The van der Waals surface area contributed by atoms with Crippen LogP contribution in [0.2, 0.25) is 0 Å². The highest BCUT2D eigenvalue weighted by atomic mass is 32.2. The highest BCUT2D eigenvalue weighted by molar-refractivity contribution is 7.99. The molecule has 46 valence electrons. The Labute approximate surface area is 54.4 Å². The molecule has 2 heteroatoms. The monoisotopic (exact) mass is 129 g/mol. The topological polar surface area (TPSA) is 3.24 Å². The summed E-state index contributed by atoms with van der Waals surface area (Å²) in [4.78, 5) is 2.51. The Hall–Kier alpha value is 0.310. The minimum absolute atomic E-state index is 0.943. The van der Waals surface area contributed by atoms with Gasteiger partial charge in [-0.1, -0.05) is 0 Å². The quantitative estimate of drug-likeness (QED) is 0.476. The fourth-order valence-electron chi connectivity index (χ4n) is 1.52. The number of rotatable bonds is 0. The van der Waals surface area contributed by atoms with Gasteiger partial charge in [0, 0.05) is 23.6 Å². The molecule has 0 spiro atoms. The van der Waals surface area contributed by atoms with Gasteiger partial charge in [-0.05, 0) is 13.5 Å². The van der Waals surface area contributed by atoms with Crippen molar-refractivity contribution in [3.05, 3.63) is 0 Å². The van der Waals surface area contributed by atoms with Crippen molar-refractivity contribution in [2.24, 2.45) is 0 Å². The Morgan fingerprint density at radius 3 is 2.25 bits per heavy atom. The summed E-state index contributed by atoms with van der Waals surface area (Å²) in [7, 11) is 2.25. The highest BCUT2D eigenvalue weighted by Crippen LogP contribution is 2.34. The lowest BCUT2D eigenvalue weighted by Gasteiger charge is -2.50. The van der Waals surface area contributed by atoms with Crippen LogP contribution in [0.5, 0.6) is 0 Å². The van der Waals surface area contributed by atoms with Crippen LogP contribution in [-0.4, -0.2) is 35.5 Å². The maximum absolute atomic E-state index is 2.51. The van der Waals surface area contributed by atoms with Crippen LogP contribution >= 0.6 is 11.8 Å². The first-order valence-corrected chi connectivity index (χ1v) is 4.33. The van der Waals surface area contributed by atoms with Crippen LogP contribution < -0.4 is 0 Å². The van der Waals surface area contributed by atoms with Gasteiger partial charge in [0.15, 0.2) is 0 Å². The summed E-state index contributed by atoms with van der Waals surface area (Å²) in [6, 6.07) is 1.89. The molecule has 3 fully saturated rings. The molecule has 3 rings (SSSR count). The summed E-state index contributed by atoms with van der Waals surface area (Å²) >= 11 is 2.11. The van der Waals surface area contributed by atoms with Crippen LogP contribution in [-0.2, 0) is 0 Å². The second-order valence-electron chi connectivity index (χ2n) is 2.75. The van der Waals surface area contributed by atoms with Gasteiger partial charge in [-0.15, -0.1) is 0 Å². The minimum Gasteiger partial charge on any atom is -0.299 e. The molecule has 0 radical (unpaired) electrons. The molecule has 8 heavy (non-hydrogen) atoms. The molecule has 0 saturated carbocycles. The molecule has 0 unspecified atom stereocenters. The number of hydrogen-bond acceptors (Lipinski definition) is 2.